The topological polar surface area (TPSA) is 147 Å². The molecule has 0 N–H and O–H groups in total. The maximum absolute atomic E-state index is 12.5. The first-order valence-corrected chi connectivity index (χ1v) is 12.2. The lowest BCUT2D eigenvalue weighted by Crippen LogP contribution is -2.08. The van der Waals surface area contributed by atoms with Crippen molar-refractivity contribution < 1.29 is 25.2 Å². The summed E-state index contributed by atoms with van der Waals surface area (Å²) in [6.07, 6.45) is 2.91. The van der Waals surface area contributed by atoms with Crippen LogP contribution in [-0.4, -0.2) is 21.8 Å². The van der Waals surface area contributed by atoms with E-state index in [4.69, 9.17) is 18.9 Å². The molecule has 2 aromatic carbocycles. The summed E-state index contributed by atoms with van der Waals surface area (Å²) in [6.45, 7) is 0. The van der Waals surface area contributed by atoms with Gasteiger partial charge in [0.15, 0.2) is 11.5 Å². The summed E-state index contributed by atoms with van der Waals surface area (Å²) in [5.74, 6) is -0.643. The first kappa shape index (κ1) is 24.2. The van der Waals surface area contributed by atoms with Crippen molar-refractivity contribution in [3.63, 3.8) is 0 Å². The lowest BCUT2D eigenvalue weighted by atomic mass is 10.2. The van der Waals surface area contributed by atoms with E-state index >= 15 is 0 Å². The molecule has 0 unspecified atom stereocenters. The average molecular weight is 494 g/mol. The summed E-state index contributed by atoms with van der Waals surface area (Å²) < 4.78 is 60.3. The van der Waals surface area contributed by atoms with Gasteiger partial charge in [0.05, 0.1) is 24.3 Å². The zero-order valence-corrected chi connectivity index (χ0v) is 18.9. The van der Waals surface area contributed by atoms with Gasteiger partial charge < -0.3 is 8.37 Å². The predicted molar refractivity (Wildman–Crippen MR) is 121 cm³/mol. The predicted octanol–water partition coefficient (Wildman–Crippen LogP) is 3.62. The maximum Gasteiger partial charge on any atom is 0.339 e. The minimum absolute atomic E-state index is 0.0213. The molecule has 0 bridgehead atoms. The SMILES string of the molecule is N#CC=C(OS(=O)(=O)c1ccccc1)c1ccc(C(=CC#N)OS(=O)(=O)c2ccccc2)nc1. The molecule has 170 valence electrons. The van der Waals surface area contributed by atoms with Crippen LogP contribution in [0.25, 0.3) is 11.5 Å². The third-order valence-electron chi connectivity index (χ3n) is 4.15. The van der Waals surface area contributed by atoms with Crippen LogP contribution < -0.4 is 0 Å². The number of allylic oxidation sites excluding steroid dienone is 2. The van der Waals surface area contributed by atoms with Gasteiger partial charge in [-0.15, -0.1) is 0 Å². The highest BCUT2D eigenvalue weighted by molar-refractivity contribution is 7.87. The lowest BCUT2D eigenvalue weighted by Gasteiger charge is -2.12. The molecular weight excluding hydrogens is 478 g/mol. The molecule has 3 rings (SSSR count). The molecule has 0 atom stereocenters. The monoisotopic (exact) mass is 493 g/mol. The standard InChI is InChI=1S/C23H15N3O6S2/c24-15-13-22(31-33(27,28)19-7-3-1-4-8-19)18-11-12-21(26-17-18)23(14-16-25)32-34(29,30)20-9-5-2-6-10-20/h1-14,17H. The Kier molecular flexibility index (Phi) is 7.43. The number of nitriles is 2. The number of hydrogen-bond donors (Lipinski definition) is 0. The largest absolute Gasteiger partial charge is 0.377 e. The van der Waals surface area contributed by atoms with E-state index in [0.29, 0.717) is 0 Å². The van der Waals surface area contributed by atoms with Gasteiger partial charge >= 0.3 is 20.2 Å². The fourth-order valence-electron chi connectivity index (χ4n) is 2.61. The summed E-state index contributed by atoms with van der Waals surface area (Å²) >= 11 is 0. The number of rotatable bonds is 8. The van der Waals surface area contributed by atoms with Crippen molar-refractivity contribution in [3.05, 3.63) is 102 Å². The van der Waals surface area contributed by atoms with Gasteiger partial charge in [-0.3, -0.25) is 4.98 Å². The second kappa shape index (κ2) is 10.4. The van der Waals surface area contributed by atoms with Gasteiger partial charge in [0, 0.05) is 11.8 Å². The van der Waals surface area contributed by atoms with Crippen LogP contribution in [-0.2, 0) is 28.6 Å². The van der Waals surface area contributed by atoms with E-state index in [9.17, 15) is 16.8 Å². The molecule has 0 fully saturated rings. The minimum atomic E-state index is -4.24. The van der Waals surface area contributed by atoms with E-state index in [1.165, 1.54) is 60.7 Å². The van der Waals surface area contributed by atoms with Crippen LogP contribution in [0.5, 0.6) is 0 Å². The summed E-state index contributed by atoms with van der Waals surface area (Å²) in [5.41, 5.74) is 0.0964. The highest BCUT2D eigenvalue weighted by Gasteiger charge is 2.21. The average Bonchev–Trinajstić information content (AvgIpc) is 2.84. The molecule has 0 spiro atoms. The quantitative estimate of drug-likeness (QED) is 0.261. The van der Waals surface area contributed by atoms with Crippen molar-refractivity contribution in [1.82, 2.24) is 4.98 Å². The number of nitrogens with zero attached hydrogens (tertiary/aromatic N) is 3. The fraction of sp³-hybridized carbons (Fsp3) is 0. The molecule has 11 heteroatoms. The highest BCUT2D eigenvalue weighted by atomic mass is 32.2. The molecule has 1 aromatic heterocycles. The summed E-state index contributed by atoms with van der Waals surface area (Å²) in [6, 6.07) is 20.7. The van der Waals surface area contributed by atoms with E-state index in [2.05, 4.69) is 4.98 Å². The molecule has 0 saturated carbocycles. The molecule has 0 saturated heterocycles. The van der Waals surface area contributed by atoms with E-state index in [1.54, 1.807) is 24.3 Å². The van der Waals surface area contributed by atoms with Gasteiger partial charge in [-0.2, -0.15) is 27.4 Å². The molecule has 3 aromatic rings. The third kappa shape index (κ3) is 5.86. The Labute approximate surface area is 196 Å². The first-order chi connectivity index (χ1) is 16.3. The van der Waals surface area contributed by atoms with Crippen LogP contribution in [0.15, 0.2) is 101 Å². The van der Waals surface area contributed by atoms with Crippen molar-refractivity contribution in [3.8, 4) is 12.1 Å². The molecule has 0 radical (unpaired) electrons. The zero-order chi connectivity index (χ0) is 24.6. The highest BCUT2D eigenvalue weighted by Crippen LogP contribution is 2.25. The van der Waals surface area contributed by atoms with Gasteiger partial charge in [0.25, 0.3) is 0 Å². The lowest BCUT2D eigenvalue weighted by molar-refractivity contribution is 0.459. The van der Waals surface area contributed by atoms with E-state index in [-0.39, 0.29) is 32.6 Å². The van der Waals surface area contributed by atoms with Gasteiger partial charge in [0.2, 0.25) is 0 Å². The fourth-order valence-corrected chi connectivity index (χ4v) is 4.53. The zero-order valence-electron chi connectivity index (χ0n) is 17.3. The molecule has 9 nitrogen and oxygen atoms in total. The molecule has 0 amide bonds. The molecule has 1 heterocycles. The number of benzene rings is 2. The smallest absolute Gasteiger partial charge is 0.339 e. The number of aromatic nitrogens is 1. The van der Waals surface area contributed by atoms with Crippen molar-refractivity contribution in [2.75, 3.05) is 0 Å². The second-order valence-corrected chi connectivity index (χ2v) is 9.50. The number of pyridine rings is 1. The summed E-state index contributed by atoms with van der Waals surface area (Å²) in [7, 11) is -8.46. The molecule has 0 aliphatic rings. The van der Waals surface area contributed by atoms with Gasteiger partial charge in [0.1, 0.15) is 15.5 Å². The number of hydrogen-bond acceptors (Lipinski definition) is 9. The van der Waals surface area contributed by atoms with Crippen molar-refractivity contribution in [2.24, 2.45) is 0 Å². The third-order valence-corrected chi connectivity index (χ3v) is 6.65. The van der Waals surface area contributed by atoms with E-state index in [1.807, 2.05) is 0 Å². The molecular formula is C23H15N3O6S2. The minimum Gasteiger partial charge on any atom is -0.377 e. The molecule has 0 aliphatic carbocycles. The van der Waals surface area contributed by atoms with Crippen LogP contribution in [0.4, 0.5) is 0 Å². The van der Waals surface area contributed by atoms with Gasteiger partial charge in [-0.25, -0.2) is 0 Å². The van der Waals surface area contributed by atoms with Gasteiger partial charge in [-0.05, 0) is 36.4 Å². The summed E-state index contributed by atoms with van der Waals surface area (Å²) in [5, 5.41) is 18.1. The van der Waals surface area contributed by atoms with Crippen LogP contribution in [0.1, 0.15) is 11.3 Å². The first-order valence-electron chi connectivity index (χ1n) is 9.42. The Morgan fingerprint density at radius 3 is 1.62 bits per heavy atom. The van der Waals surface area contributed by atoms with E-state index in [0.717, 1.165) is 18.3 Å². The Balaban J connectivity index is 1.89. The molecule has 0 aliphatic heterocycles. The second-order valence-electron chi connectivity index (χ2n) is 6.41. The van der Waals surface area contributed by atoms with Crippen LogP contribution in [0.2, 0.25) is 0 Å². The van der Waals surface area contributed by atoms with Gasteiger partial charge in [-0.1, -0.05) is 36.4 Å². The maximum atomic E-state index is 12.5. The Morgan fingerprint density at radius 1 is 0.706 bits per heavy atom. The van der Waals surface area contributed by atoms with Crippen LogP contribution in [0.3, 0.4) is 0 Å². The Hall–Kier alpha value is -4.45. The van der Waals surface area contributed by atoms with E-state index < -0.39 is 20.2 Å². The Morgan fingerprint density at radius 2 is 1.18 bits per heavy atom. The van der Waals surface area contributed by atoms with Crippen molar-refractivity contribution >= 4 is 31.8 Å². The van der Waals surface area contributed by atoms with Crippen LogP contribution in [0, 0.1) is 22.7 Å². The summed E-state index contributed by atoms with van der Waals surface area (Å²) in [4.78, 5) is 3.82. The van der Waals surface area contributed by atoms with Crippen LogP contribution >= 0.6 is 0 Å². The Bertz CT molecular complexity index is 1400. The van der Waals surface area contributed by atoms with Crippen molar-refractivity contribution in [1.29, 1.82) is 10.5 Å². The normalized spacial score (nSPS) is 12.3. The van der Waals surface area contributed by atoms with Crippen molar-refractivity contribution in [2.45, 2.75) is 9.79 Å². The molecule has 34 heavy (non-hydrogen) atoms.